The molecule has 4 atom stereocenters. The van der Waals surface area contributed by atoms with Crippen LogP contribution in [0.25, 0.3) is 0 Å². The predicted molar refractivity (Wildman–Crippen MR) is 117 cm³/mol. The van der Waals surface area contributed by atoms with Crippen molar-refractivity contribution in [2.45, 2.75) is 49.1 Å². The van der Waals surface area contributed by atoms with Crippen molar-refractivity contribution in [3.63, 3.8) is 0 Å². The zero-order valence-corrected chi connectivity index (χ0v) is 18.4. The fourth-order valence-electron chi connectivity index (χ4n) is 3.29. The van der Waals surface area contributed by atoms with E-state index in [1.54, 1.807) is 0 Å². The second kappa shape index (κ2) is 10.7. The number of rotatable bonds is 7. The van der Waals surface area contributed by atoms with Crippen molar-refractivity contribution >= 4 is 49.0 Å². The zero-order chi connectivity index (χ0) is 23.3. The van der Waals surface area contributed by atoms with Gasteiger partial charge in [-0.05, 0) is 31.0 Å². The number of urea groups is 1. The summed E-state index contributed by atoms with van der Waals surface area (Å²) in [6, 6.07) is 4.02. The van der Waals surface area contributed by atoms with E-state index < -0.39 is 40.5 Å². The number of carbonyl (C=O) groups excluding carboxylic acids is 3. The van der Waals surface area contributed by atoms with E-state index in [2.05, 4.69) is 25.3 Å². The molecule has 1 heterocycles. The lowest BCUT2D eigenvalue weighted by molar-refractivity contribution is -0.384. The van der Waals surface area contributed by atoms with Crippen LogP contribution in [0, 0.1) is 10.1 Å². The number of amides is 4. The SMILES string of the molecule is CC(O)N(C(N)=O)C(=O)CC(S)[C@@H]1C[C@H](S)CN1C(=O)OCc1ccc([N+](=O)[O-])cc1. The van der Waals surface area contributed by atoms with Crippen LogP contribution in [-0.4, -0.2) is 67.2 Å². The monoisotopic (exact) mass is 472 g/mol. The van der Waals surface area contributed by atoms with Gasteiger partial charge >= 0.3 is 12.1 Å². The Bertz CT molecular complexity index is 837. The third kappa shape index (κ3) is 6.48. The topological polar surface area (TPSA) is 156 Å². The summed E-state index contributed by atoms with van der Waals surface area (Å²) in [7, 11) is 0. The quantitative estimate of drug-likeness (QED) is 0.203. The van der Waals surface area contributed by atoms with Gasteiger partial charge in [0.25, 0.3) is 5.69 Å². The summed E-state index contributed by atoms with van der Waals surface area (Å²) in [4.78, 5) is 48.5. The number of thiol groups is 2. The van der Waals surface area contributed by atoms with Crippen molar-refractivity contribution < 1.29 is 29.2 Å². The van der Waals surface area contributed by atoms with E-state index in [1.165, 1.54) is 36.1 Å². The second-order valence-corrected chi connectivity index (χ2v) is 8.49. The average Bonchev–Trinajstić information content (AvgIpc) is 3.07. The van der Waals surface area contributed by atoms with Gasteiger partial charge in [0.2, 0.25) is 5.91 Å². The lowest BCUT2D eigenvalue weighted by Crippen LogP contribution is -2.49. The van der Waals surface area contributed by atoms with E-state index in [4.69, 9.17) is 10.5 Å². The molecule has 0 bridgehead atoms. The number of nitrogens with zero attached hydrogens (tertiary/aromatic N) is 3. The van der Waals surface area contributed by atoms with Gasteiger partial charge in [0.1, 0.15) is 12.8 Å². The molecule has 1 fully saturated rings. The first-order valence-corrected chi connectivity index (χ1v) is 10.4. The van der Waals surface area contributed by atoms with Crippen molar-refractivity contribution in [2.24, 2.45) is 5.73 Å². The van der Waals surface area contributed by atoms with Gasteiger partial charge in [-0.15, -0.1) is 0 Å². The standard InChI is InChI=1S/C18H24N4O7S2/c1-10(23)21(17(19)25)16(24)7-15(31)14-6-13(30)8-20(14)18(26)29-9-11-2-4-12(5-3-11)22(27)28/h2-5,10,13-15,23,30-31H,6-9H2,1H3,(H2,19,25)/t10?,13-,14-,15?/m0/s1. The Labute approximate surface area is 189 Å². The normalized spacial score (nSPS) is 20.1. The van der Waals surface area contributed by atoms with Crippen LogP contribution in [-0.2, 0) is 16.1 Å². The maximum atomic E-state index is 12.6. The number of carbonyl (C=O) groups is 3. The number of nitro groups is 1. The fraction of sp³-hybridized carbons (Fsp3) is 0.500. The minimum absolute atomic E-state index is 0.0719. The third-order valence-corrected chi connectivity index (χ3v) is 5.67. The summed E-state index contributed by atoms with van der Waals surface area (Å²) in [6.07, 6.45) is -1.83. The van der Waals surface area contributed by atoms with Crippen LogP contribution >= 0.6 is 25.3 Å². The lowest BCUT2D eigenvalue weighted by atomic mass is 10.1. The first-order valence-electron chi connectivity index (χ1n) is 9.33. The number of hydrogen-bond donors (Lipinski definition) is 4. The summed E-state index contributed by atoms with van der Waals surface area (Å²) >= 11 is 8.84. The third-order valence-electron chi connectivity index (χ3n) is 4.77. The molecule has 1 saturated heterocycles. The molecular formula is C18H24N4O7S2. The number of benzene rings is 1. The highest BCUT2D eigenvalue weighted by molar-refractivity contribution is 7.81. The van der Waals surface area contributed by atoms with Crippen LogP contribution in [0.1, 0.15) is 25.3 Å². The van der Waals surface area contributed by atoms with Gasteiger partial charge in [-0.1, -0.05) is 0 Å². The molecule has 31 heavy (non-hydrogen) atoms. The number of aliphatic hydroxyl groups is 1. The van der Waals surface area contributed by atoms with Crippen LogP contribution in [0.15, 0.2) is 24.3 Å². The van der Waals surface area contributed by atoms with Gasteiger partial charge in [-0.3, -0.25) is 14.9 Å². The molecule has 11 nitrogen and oxygen atoms in total. The first-order chi connectivity index (χ1) is 14.5. The van der Waals surface area contributed by atoms with Crippen LogP contribution in [0.4, 0.5) is 15.3 Å². The Kier molecular flexibility index (Phi) is 8.53. The van der Waals surface area contributed by atoms with Gasteiger partial charge in [0.15, 0.2) is 0 Å². The Balaban J connectivity index is 2.00. The molecular weight excluding hydrogens is 448 g/mol. The van der Waals surface area contributed by atoms with E-state index >= 15 is 0 Å². The maximum Gasteiger partial charge on any atom is 0.410 e. The maximum absolute atomic E-state index is 12.6. The summed E-state index contributed by atoms with van der Waals surface area (Å²) in [5, 5.41) is 19.5. The van der Waals surface area contributed by atoms with Crippen molar-refractivity contribution in [3.05, 3.63) is 39.9 Å². The highest BCUT2D eigenvalue weighted by Gasteiger charge is 2.40. The number of hydrogen-bond acceptors (Lipinski definition) is 9. The van der Waals surface area contributed by atoms with Crippen LogP contribution in [0.5, 0.6) is 0 Å². The number of likely N-dealkylation sites (tertiary alicyclic amines) is 1. The molecule has 13 heteroatoms. The largest absolute Gasteiger partial charge is 0.445 e. The van der Waals surface area contributed by atoms with Crippen molar-refractivity contribution in [1.82, 2.24) is 9.80 Å². The summed E-state index contributed by atoms with van der Waals surface area (Å²) in [6.45, 7) is 1.41. The molecule has 4 amide bonds. The minimum atomic E-state index is -1.39. The van der Waals surface area contributed by atoms with Crippen molar-refractivity contribution in [3.8, 4) is 0 Å². The molecule has 1 aromatic carbocycles. The number of nitro benzene ring substituents is 1. The van der Waals surface area contributed by atoms with Crippen LogP contribution in [0.2, 0.25) is 0 Å². The van der Waals surface area contributed by atoms with Crippen molar-refractivity contribution in [2.75, 3.05) is 6.54 Å². The minimum Gasteiger partial charge on any atom is -0.445 e. The number of ether oxygens (including phenoxy) is 1. The summed E-state index contributed by atoms with van der Waals surface area (Å²) in [5.41, 5.74) is 5.63. The highest BCUT2D eigenvalue weighted by atomic mass is 32.1. The smallest absolute Gasteiger partial charge is 0.410 e. The number of imide groups is 1. The first kappa shape index (κ1) is 24.8. The molecule has 0 saturated carbocycles. The van der Waals surface area contributed by atoms with Crippen molar-refractivity contribution in [1.29, 1.82) is 0 Å². The Morgan fingerprint density at radius 1 is 1.39 bits per heavy atom. The second-order valence-electron chi connectivity index (χ2n) is 7.09. The van der Waals surface area contributed by atoms with Gasteiger partial charge in [0.05, 0.1) is 4.92 Å². The Morgan fingerprint density at radius 3 is 2.52 bits per heavy atom. The van der Waals surface area contributed by atoms with E-state index in [1.807, 2.05) is 0 Å². The molecule has 3 N–H and O–H groups in total. The molecule has 2 unspecified atom stereocenters. The molecule has 1 aliphatic heterocycles. The highest BCUT2D eigenvalue weighted by Crippen LogP contribution is 2.29. The molecule has 1 aliphatic rings. The van der Waals surface area contributed by atoms with Crippen LogP contribution < -0.4 is 5.73 Å². The van der Waals surface area contributed by atoms with Gasteiger partial charge in [-0.25, -0.2) is 14.5 Å². The van der Waals surface area contributed by atoms with Crippen LogP contribution in [0.3, 0.4) is 0 Å². The zero-order valence-electron chi connectivity index (χ0n) is 16.7. The number of aliphatic hydroxyl groups excluding tert-OH is 1. The Morgan fingerprint density at radius 2 is 2.00 bits per heavy atom. The number of non-ortho nitro benzene ring substituents is 1. The Hall–Kier alpha value is -2.51. The van der Waals surface area contributed by atoms with E-state index in [0.717, 1.165) is 0 Å². The molecule has 0 spiro atoms. The molecule has 1 aromatic rings. The predicted octanol–water partition coefficient (Wildman–Crippen LogP) is 1.54. The average molecular weight is 473 g/mol. The molecule has 2 rings (SSSR count). The number of nitrogens with two attached hydrogens (primary N) is 1. The fourth-order valence-corrected chi connectivity index (χ4v) is 4.12. The van der Waals surface area contributed by atoms with Gasteiger partial charge in [-0.2, -0.15) is 25.3 Å². The lowest BCUT2D eigenvalue weighted by Gasteiger charge is -2.29. The summed E-state index contributed by atoms with van der Waals surface area (Å²) in [5.74, 6) is -0.718. The summed E-state index contributed by atoms with van der Waals surface area (Å²) < 4.78 is 5.31. The van der Waals surface area contributed by atoms with E-state index in [0.29, 0.717) is 16.9 Å². The molecule has 0 radical (unpaired) electrons. The van der Waals surface area contributed by atoms with E-state index in [-0.39, 0.29) is 30.5 Å². The molecule has 0 aromatic heterocycles. The van der Waals surface area contributed by atoms with Gasteiger partial charge in [0, 0.05) is 41.6 Å². The molecule has 170 valence electrons. The number of primary amides is 1. The molecule has 0 aliphatic carbocycles. The van der Waals surface area contributed by atoms with E-state index in [9.17, 15) is 29.6 Å². The van der Waals surface area contributed by atoms with Gasteiger partial charge < -0.3 is 20.5 Å².